The van der Waals surface area contributed by atoms with E-state index >= 15 is 0 Å². The number of benzene rings is 2. The number of methoxy groups -OCH3 is 1. The van der Waals surface area contributed by atoms with E-state index in [1.54, 1.807) is 12.0 Å². The summed E-state index contributed by atoms with van der Waals surface area (Å²) in [5, 5.41) is 11.3. The van der Waals surface area contributed by atoms with Crippen LogP contribution in [0.4, 0.5) is 5.69 Å². The van der Waals surface area contributed by atoms with Crippen LogP contribution >= 0.6 is 23.4 Å². The number of rotatable bonds is 3. The molecule has 1 fully saturated rings. The van der Waals surface area contributed by atoms with Gasteiger partial charge in [0.2, 0.25) is 5.91 Å². The van der Waals surface area contributed by atoms with Crippen LogP contribution < -0.4 is 9.64 Å². The van der Waals surface area contributed by atoms with Crippen molar-refractivity contribution in [1.82, 2.24) is 4.90 Å². The van der Waals surface area contributed by atoms with Gasteiger partial charge in [0, 0.05) is 23.0 Å². The van der Waals surface area contributed by atoms with E-state index in [0.29, 0.717) is 23.1 Å². The first-order valence-electron chi connectivity index (χ1n) is 8.82. The van der Waals surface area contributed by atoms with Crippen molar-refractivity contribution in [3.63, 3.8) is 0 Å². The maximum absolute atomic E-state index is 12.9. The predicted molar refractivity (Wildman–Crippen MR) is 111 cm³/mol. The molecule has 0 bridgehead atoms. The molecule has 2 aromatic carbocycles. The number of halogens is 1. The summed E-state index contributed by atoms with van der Waals surface area (Å²) in [7, 11) is 1.62. The zero-order chi connectivity index (χ0) is 19.7. The van der Waals surface area contributed by atoms with E-state index < -0.39 is 0 Å². The Hall–Kier alpha value is -2.62. The van der Waals surface area contributed by atoms with Gasteiger partial charge in [0.1, 0.15) is 5.75 Å². The molecule has 0 spiro atoms. The molecule has 2 heterocycles. The molecular formula is C21H18ClN3O2S. The third-order valence-electron chi connectivity index (χ3n) is 4.99. The Bertz CT molecular complexity index is 984. The van der Waals surface area contributed by atoms with Crippen molar-refractivity contribution in [1.29, 1.82) is 5.26 Å². The lowest BCUT2D eigenvalue weighted by molar-refractivity contribution is -0.129. The minimum absolute atomic E-state index is 0.0223. The number of nitriles is 1. The van der Waals surface area contributed by atoms with Crippen molar-refractivity contribution in [3.8, 4) is 11.8 Å². The Kier molecular flexibility index (Phi) is 5.21. The SMILES string of the molecule is COc1ccc(C2CC(=O)N3CN(c4cccc(Cl)c4)CSC3=C2C#N)cc1. The molecule has 0 N–H and O–H groups in total. The second-order valence-corrected chi connectivity index (χ2v) is 7.99. The number of hydrogen-bond acceptors (Lipinski definition) is 5. The molecule has 1 amide bonds. The number of ether oxygens (including phenoxy) is 1. The van der Waals surface area contributed by atoms with Gasteiger partial charge in [-0.15, -0.1) is 0 Å². The summed E-state index contributed by atoms with van der Waals surface area (Å²) in [6.45, 7) is 0.419. The van der Waals surface area contributed by atoms with Gasteiger partial charge in [0.15, 0.2) is 0 Å². The Labute approximate surface area is 173 Å². The van der Waals surface area contributed by atoms with Crippen molar-refractivity contribution >= 4 is 35.0 Å². The van der Waals surface area contributed by atoms with Crippen molar-refractivity contribution in [2.45, 2.75) is 12.3 Å². The first-order chi connectivity index (χ1) is 13.6. The van der Waals surface area contributed by atoms with Crippen LogP contribution in [0.15, 0.2) is 59.1 Å². The van der Waals surface area contributed by atoms with Crippen LogP contribution in [-0.2, 0) is 4.79 Å². The Morgan fingerprint density at radius 2 is 2.04 bits per heavy atom. The normalized spacial score (nSPS) is 19.3. The minimum Gasteiger partial charge on any atom is -0.497 e. The molecule has 142 valence electrons. The lowest BCUT2D eigenvalue weighted by atomic mass is 9.86. The van der Waals surface area contributed by atoms with Crippen LogP contribution in [0.3, 0.4) is 0 Å². The molecular weight excluding hydrogens is 394 g/mol. The molecule has 1 unspecified atom stereocenters. The summed E-state index contributed by atoms with van der Waals surface area (Å²) in [5.41, 5.74) is 2.57. The highest BCUT2D eigenvalue weighted by Gasteiger charge is 2.38. The second-order valence-electron chi connectivity index (χ2n) is 6.62. The average molecular weight is 412 g/mol. The first-order valence-corrected chi connectivity index (χ1v) is 10.2. The van der Waals surface area contributed by atoms with Crippen LogP contribution in [0.5, 0.6) is 5.75 Å². The van der Waals surface area contributed by atoms with Gasteiger partial charge in [-0.05, 0) is 35.9 Å². The van der Waals surface area contributed by atoms with Crippen molar-refractivity contribution in [2.24, 2.45) is 0 Å². The van der Waals surface area contributed by atoms with E-state index in [-0.39, 0.29) is 18.2 Å². The van der Waals surface area contributed by atoms with Gasteiger partial charge in [0.05, 0.1) is 36.3 Å². The van der Waals surface area contributed by atoms with E-state index in [9.17, 15) is 10.1 Å². The largest absolute Gasteiger partial charge is 0.497 e. The van der Waals surface area contributed by atoms with Gasteiger partial charge in [-0.25, -0.2) is 0 Å². The number of allylic oxidation sites excluding steroid dienone is 1. The molecule has 0 radical (unpaired) electrons. The van der Waals surface area contributed by atoms with Gasteiger partial charge in [-0.3, -0.25) is 9.69 Å². The smallest absolute Gasteiger partial charge is 0.229 e. The van der Waals surface area contributed by atoms with E-state index in [1.165, 1.54) is 11.8 Å². The monoisotopic (exact) mass is 411 g/mol. The quantitative estimate of drug-likeness (QED) is 0.740. The van der Waals surface area contributed by atoms with Crippen LogP contribution in [0.25, 0.3) is 0 Å². The summed E-state index contributed by atoms with van der Waals surface area (Å²) in [4.78, 5) is 16.7. The highest BCUT2D eigenvalue weighted by Crippen LogP contribution is 2.43. The van der Waals surface area contributed by atoms with Crippen molar-refractivity contribution < 1.29 is 9.53 Å². The number of thioether (sulfide) groups is 1. The fraction of sp³-hybridized carbons (Fsp3) is 0.238. The molecule has 2 aliphatic heterocycles. The standard InChI is InChI=1S/C21H18ClN3O2S/c1-27-17-7-5-14(6-8-17)18-10-20(26)25-12-24(13-28-21(25)19(18)11-23)16-4-2-3-15(22)9-16/h2-9,18H,10,12-13H2,1H3. The summed E-state index contributed by atoms with van der Waals surface area (Å²) >= 11 is 7.63. The Morgan fingerprint density at radius 1 is 1.25 bits per heavy atom. The second kappa shape index (κ2) is 7.78. The maximum atomic E-state index is 12.9. The van der Waals surface area contributed by atoms with Crippen molar-refractivity contribution in [3.05, 3.63) is 69.7 Å². The molecule has 0 saturated carbocycles. The third-order valence-corrected chi connectivity index (χ3v) is 6.37. The van der Waals surface area contributed by atoms with Gasteiger partial charge in [0.25, 0.3) is 0 Å². The predicted octanol–water partition coefficient (Wildman–Crippen LogP) is 4.57. The van der Waals surface area contributed by atoms with Crippen LogP contribution in [0.2, 0.25) is 5.02 Å². The van der Waals surface area contributed by atoms with Crippen LogP contribution in [-0.4, -0.2) is 30.5 Å². The molecule has 0 aliphatic carbocycles. The molecule has 4 rings (SSSR count). The number of anilines is 1. The van der Waals surface area contributed by atoms with E-state index in [1.807, 2.05) is 48.5 Å². The van der Waals surface area contributed by atoms with E-state index in [4.69, 9.17) is 16.3 Å². The minimum atomic E-state index is -0.222. The maximum Gasteiger partial charge on any atom is 0.229 e. The zero-order valence-electron chi connectivity index (χ0n) is 15.3. The van der Waals surface area contributed by atoms with Gasteiger partial charge < -0.3 is 9.64 Å². The summed E-state index contributed by atoms with van der Waals surface area (Å²) in [6, 6.07) is 17.5. The molecule has 2 aliphatic rings. The van der Waals surface area contributed by atoms with Crippen molar-refractivity contribution in [2.75, 3.05) is 24.6 Å². The van der Waals surface area contributed by atoms with Gasteiger partial charge in [-0.1, -0.05) is 41.6 Å². The van der Waals surface area contributed by atoms with E-state index in [2.05, 4.69) is 11.0 Å². The number of carbonyl (C=O) groups excluding carboxylic acids is 1. The van der Waals surface area contributed by atoms with Gasteiger partial charge in [-0.2, -0.15) is 5.26 Å². The molecule has 28 heavy (non-hydrogen) atoms. The number of fused-ring (bicyclic) bond motifs is 1. The zero-order valence-corrected chi connectivity index (χ0v) is 16.8. The fourth-order valence-corrected chi connectivity index (χ4v) is 4.87. The molecule has 5 nitrogen and oxygen atoms in total. The fourth-order valence-electron chi connectivity index (χ4n) is 3.52. The summed E-state index contributed by atoms with van der Waals surface area (Å²) in [5.74, 6) is 1.21. The van der Waals surface area contributed by atoms with Gasteiger partial charge >= 0.3 is 0 Å². The molecule has 1 saturated heterocycles. The molecule has 1 atom stereocenters. The summed E-state index contributed by atoms with van der Waals surface area (Å²) in [6.07, 6.45) is 0.280. The first kappa shape index (κ1) is 18.7. The van der Waals surface area contributed by atoms with Crippen LogP contribution in [0, 0.1) is 11.3 Å². The number of hydrogen-bond donors (Lipinski definition) is 0. The Morgan fingerprint density at radius 3 is 2.71 bits per heavy atom. The number of carbonyl (C=O) groups is 1. The number of nitrogens with zero attached hydrogens (tertiary/aromatic N) is 3. The summed E-state index contributed by atoms with van der Waals surface area (Å²) < 4.78 is 5.21. The molecule has 7 heteroatoms. The lowest BCUT2D eigenvalue weighted by Crippen LogP contribution is -2.47. The van der Waals surface area contributed by atoms with Crippen LogP contribution in [0.1, 0.15) is 17.9 Å². The lowest BCUT2D eigenvalue weighted by Gasteiger charge is -2.42. The average Bonchev–Trinajstić information content (AvgIpc) is 2.73. The van der Waals surface area contributed by atoms with E-state index in [0.717, 1.165) is 22.0 Å². The highest BCUT2D eigenvalue weighted by molar-refractivity contribution is 8.03. The molecule has 0 aromatic heterocycles. The highest BCUT2D eigenvalue weighted by atomic mass is 35.5. The topological polar surface area (TPSA) is 56.6 Å². The molecule has 2 aromatic rings. The number of amides is 1. The third kappa shape index (κ3) is 3.44. The Balaban J connectivity index is 1.65.